The zero-order valence-corrected chi connectivity index (χ0v) is 12.1. The maximum absolute atomic E-state index is 12.0. The zero-order valence-electron chi connectivity index (χ0n) is 12.1. The van der Waals surface area contributed by atoms with Gasteiger partial charge in [-0.2, -0.15) is 0 Å². The predicted octanol–water partition coefficient (Wildman–Crippen LogP) is 1.13. The number of carbonyl (C=O) groups is 2. The quantitative estimate of drug-likeness (QED) is 0.762. The van der Waals surface area contributed by atoms with Gasteiger partial charge in [0.25, 0.3) is 0 Å². The normalized spacial score (nSPS) is 21.7. The van der Waals surface area contributed by atoms with Crippen molar-refractivity contribution in [2.45, 2.75) is 45.3 Å². The van der Waals surface area contributed by atoms with E-state index in [-0.39, 0.29) is 12.0 Å². The van der Waals surface area contributed by atoms with Crippen LogP contribution in [-0.2, 0) is 14.3 Å². The molecule has 1 saturated heterocycles. The topological polar surface area (TPSA) is 81.9 Å². The SMILES string of the molecule is COC(=O)C(N)C1CCCN(C(=O)OC(C)(C)C)C1. The molecule has 0 aliphatic carbocycles. The average Bonchev–Trinajstić information content (AvgIpc) is 2.35. The van der Waals surface area contributed by atoms with Crippen LogP contribution in [0.3, 0.4) is 0 Å². The molecular formula is C13H24N2O4. The standard InChI is InChI=1S/C13H24N2O4/c1-13(2,3)19-12(17)15-7-5-6-9(8-15)10(14)11(16)18-4/h9-10H,5-8,14H2,1-4H3. The fraction of sp³-hybridized carbons (Fsp3) is 0.846. The maximum Gasteiger partial charge on any atom is 0.410 e. The van der Waals surface area contributed by atoms with Crippen LogP contribution < -0.4 is 5.73 Å². The molecule has 1 amide bonds. The van der Waals surface area contributed by atoms with Gasteiger partial charge in [0.05, 0.1) is 7.11 Å². The Balaban J connectivity index is 2.59. The van der Waals surface area contributed by atoms with Gasteiger partial charge in [-0.3, -0.25) is 4.79 Å². The Morgan fingerprint density at radius 3 is 2.53 bits per heavy atom. The summed E-state index contributed by atoms with van der Waals surface area (Å²) in [5.41, 5.74) is 5.32. The number of hydrogen-bond acceptors (Lipinski definition) is 5. The van der Waals surface area contributed by atoms with Crippen molar-refractivity contribution >= 4 is 12.1 Å². The number of hydrogen-bond donors (Lipinski definition) is 1. The van der Waals surface area contributed by atoms with Crippen molar-refractivity contribution in [2.24, 2.45) is 11.7 Å². The van der Waals surface area contributed by atoms with E-state index in [1.807, 2.05) is 20.8 Å². The molecule has 1 fully saturated rings. The van der Waals surface area contributed by atoms with Crippen LogP contribution >= 0.6 is 0 Å². The Kier molecular flexibility index (Phi) is 5.17. The lowest BCUT2D eigenvalue weighted by Crippen LogP contribution is -2.50. The van der Waals surface area contributed by atoms with E-state index < -0.39 is 17.6 Å². The first kappa shape index (κ1) is 15.8. The summed E-state index contributed by atoms with van der Waals surface area (Å²) in [4.78, 5) is 25.0. The number of amides is 1. The number of likely N-dealkylation sites (tertiary alicyclic amines) is 1. The Hall–Kier alpha value is -1.30. The largest absolute Gasteiger partial charge is 0.468 e. The van der Waals surface area contributed by atoms with Crippen LogP contribution in [0.15, 0.2) is 0 Å². The van der Waals surface area contributed by atoms with Gasteiger partial charge < -0.3 is 20.1 Å². The fourth-order valence-corrected chi connectivity index (χ4v) is 2.12. The number of rotatable bonds is 2. The van der Waals surface area contributed by atoms with Gasteiger partial charge in [0.15, 0.2) is 0 Å². The fourth-order valence-electron chi connectivity index (χ4n) is 2.12. The number of ether oxygens (including phenoxy) is 2. The average molecular weight is 272 g/mol. The summed E-state index contributed by atoms with van der Waals surface area (Å²) in [6, 6.07) is -0.685. The van der Waals surface area contributed by atoms with Crippen molar-refractivity contribution in [1.82, 2.24) is 4.90 Å². The minimum Gasteiger partial charge on any atom is -0.468 e. The lowest BCUT2D eigenvalue weighted by Gasteiger charge is -2.35. The van der Waals surface area contributed by atoms with E-state index >= 15 is 0 Å². The van der Waals surface area contributed by atoms with E-state index in [2.05, 4.69) is 4.74 Å². The van der Waals surface area contributed by atoms with Crippen molar-refractivity contribution < 1.29 is 19.1 Å². The molecular weight excluding hydrogens is 248 g/mol. The molecule has 6 heteroatoms. The Morgan fingerprint density at radius 1 is 1.37 bits per heavy atom. The summed E-state index contributed by atoms with van der Waals surface area (Å²) in [7, 11) is 1.32. The number of carbonyl (C=O) groups excluding carboxylic acids is 2. The third-order valence-electron chi connectivity index (χ3n) is 3.09. The molecule has 1 aliphatic heterocycles. The number of piperidine rings is 1. The molecule has 19 heavy (non-hydrogen) atoms. The highest BCUT2D eigenvalue weighted by atomic mass is 16.6. The first-order valence-electron chi connectivity index (χ1n) is 6.56. The molecule has 1 heterocycles. The van der Waals surface area contributed by atoms with Crippen LogP contribution in [0, 0.1) is 5.92 Å². The third kappa shape index (κ3) is 4.70. The molecule has 0 bridgehead atoms. The summed E-state index contributed by atoms with van der Waals surface area (Å²) in [6.07, 6.45) is 1.28. The highest BCUT2D eigenvalue weighted by Gasteiger charge is 2.33. The van der Waals surface area contributed by atoms with Crippen molar-refractivity contribution in [3.63, 3.8) is 0 Å². The first-order valence-corrected chi connectivity index (χ1v) is 6.56. The second kappa shape index (κ2) is 6.23. The van der Waals surface area contributed by atoms with Gasteiger partial charge in [0.1, 0.15) is 11.6 Å². The molecule has 1 rings (SSSR count). The van der Waals surface area contributed by atoms with E-state index in [1.54, 1.807) is 4.90 Å². The van der Waals surface area contributed by atoms with Crippen LogP contribution in [0.1, 0.15) is 33.6 Å². The molecule has 1 aliphatic rings. The predicted molar refractivity (Wildman–Crippen MR) is 70.5 cm³/mol. The van der Waals surface area contributed by atoms with E-state index in [0.29, 0.717) is 13.1 Å². The van der Waals surface area contributed by atoms with Gasteiger partial charge >= 0.3 is 12.1 Å². The van der Waals surface area contributed by atoms with E-state index in [1.165, 1.54) is 7.11 Å². The van der Waals surface area contributed by atoms with Gasteiger partial charge in [0, 0.05) is 19.0 Å². The van der Waals surface area contributed by atoms with Crippen LogP contribution in [-0.4, -0.2) is 48.8 Å². The number of nitrogens with zero attached hydrogens (tertiary/aromatic N) is 1. The van der Waals surface area contributed by atoms with E-state index in [9.17, 15) is 9.59 Å². The molecule has 0 aromatic rings. The second-order valence-electron chi connectivity index (χ2n) is 5.88. The minimum absolute atomic E-state index is 0.0753. The summed E-state index contributed by atoms with van der Waals surface area (Å²) >= 11 is 0. The lowest BCUT2D eigenvalue weighted by atomic mass is 9.91. The smallest absolute Gasteiger partial charge is 0.410 e. The lowest BCUT2D eigenvalue weighted by molar-refractivity contribution is -0.144. The minimum atomic E-state index is -0.685. The molecule has 0 saturated carbocycles. The molecule has 2 atom stereocenters. The number of nitrogens with two attached hydrogens (primary N) is 1. The summed E-state index contributed by atoms with van der Waals surface area (Å²) in [5.74, 6) is -0.509. The molecule has 0 radical (unpaired) electrons. The molecule has 110 valence electrons. The second-order valence-corrected chi connectivity index (χ2v) is 5.88. The molecule has 0 aromatic heterocycles. The summed E-state index contributed by atoms with van der Waals surface area (Å²) in [5, 5.41) is 0. The third-order valence-corrected chi connectivity index (χ3v) is 3.09. The Labute approximate surface area is 114 Å². The summed E-state index contributed by atoms with van der Waals surface area (Å²) in [6.45, 7) is 6.55. The van der Waals surface area contributed by atoms with Gasteiger partial charge in [-0.25, -0.2) is 4.79 Å². The van der Waals surface area contributed by atoms with E-state index in [4.69, 9.17) is 10.5 Å². The van der Waals surface area contributed by atoms with Gasteiger partial charge in [-0.1, -0.05) is 0 Å². The van der Waals surface area contributed by atoms with Gasteiger partial charge in [0.2, 0.25) is 0 Å². The Bertz CT molecular complexity index is 338. The summed E-state index contributed by atoms with van der Waals surface area (Å²) < 4.78 is 9.96. The molecule has 6 nitrogen and oxygen atoms in total. The van der Waals surface area contributed by atoms with Gasteiger partial charge in [-0.05, 0) is 33.6 Å². The van der Waals surface area contributed by atoms with Crippen LogP contribution in [0.5, 0.6) is 0 Å². The van der Waals surface area contributed by atoms with Crippen LogP contribution in [0.2, 0.25) is 0 Å². The first-order chi connectivity index (χ1) is 8.74. The number of methoxy groups -OCH3 is 1. The molecule has 0 spiro atoms. The monoisotopic (exact) mass is 272 g/mol. The van der Waals surface area contributed by atoms with Crippen molar-refractivity contribution in [1.29, 1.82) is 0 Å². The highest BCUT2D eigenvalue weighted by molar-refractivity contribution is 5.76. The van der Waals surface area contributed by atoms with Crippen LogP contribution in [0.25, 0.3) is 0 Å². The number of esters is 1. The zero-order chi connectivity index (χ0) is 14.6. The van der Waals surface area contributed by atoms with Crippen molar-refractivity contribution in [2.75, 3.05) is 20.2 Å². The maximum atomic E-state index is 12.0. The van der Waals surface area contributed by atoms with Crippen molar-refractivity contribution in [3.05, 3.63) is 0 Å². The Morgan fingerprint density at radius 2 is 2.00 bits per heavy atom. The highest BCUT2D eigenvalue weighted by Crippen LogP contribution is 2.21. The molecule has 2 N–H and O–H groups in total. The molecule has 2 unspecified atom stereocenters. The van der Waals surface area contributed by atoms with Gasteiger partial charge in [-0.15, -0.1) is 0 Å². The molecule has 0 aromatic carbocycles. The van der Waals surface area contributed by atoms with Crippen LogP contribution in [0.4, 0.5) is 4.79 Å². The van der Waals surface area contributed by atoms with E-state index in [0.717, 1.165) is 12.8 Å². The van der Waals surface area contributed by atoms with Crippen molar-refractivity contribution in [3.8, 4) is 0 Å².